The molecule has 23 heavy (non-hydrogen) atoms. The number of amides is 1. The van der Waals surface area contributed by atoms with E-state index in [0.717, 1.165) is 26.2 Å². The summed E-state index contributed by atoms with van der Waals surface area (Å²) in [5, 5.41) is 10.4. The lowest BCUT2D eigenvalue weighted by molar-refractivity contribution is 0.0473. The lowest BCUT2D eigenvalue weighted by atomic mass is 10.0. The van der Waals surface area contributed by atoms with Gasteiger partial charge in [-0.05, 0) is 51.2 Å². The second-order valence-corrected chi connectivity index (χ2v) is 6.96. The van der Waals surface area contributed by atoms with Gasteiger partial charge in [-0.3, -0.25) is 9.69 Å². The Labute approximate surface area is 142 Å². The minimum atomic E-state index is -0.109. The molecular weight excluding hydrogens is 314 g/mol. The first-order valence-corrected chi connectivity index (χ1v) is 8.63. The number of hydrogen-bond acceptors (Lipinski definition) is 4. The molecule has 0 atom stereocenters. The van der Waals surface area contributed by atoms with Crippen LogP contribution in [0.3, 0.4) is 0 Å². The quantitative estimate of drug-likeness (QED) is 0.895. The highest BCUT2D eigenvalue weighted by Gasteiger charge is 2.29. The van der Waals surface area contributed by atoms with E-state index in [0.29, 0.717) is 29.7 Å². The molecule has 2 heterocycles. The van der Waals surface area contributed by atoms with Crippen LogP contribution in [0.5, 0.6) is 5.75 Å². The number of halogens is 1. The van der Waals surface area contributed by atoms with Crippen molar-refractivity contribution in [3.8, 4) is 5.75 Å². The van der Waals surface area contributed by atoms with Gasteiger partial charge in [0.15, 0.2) is 0 Å². The molecule has 2 fully saturated rings. The SMILES string of the molecule is CN1CCC(N2CCN(C(=O)c3ccc(Cl)cc3O)CC2)CC1. The summed E-state index contributed by atoms with van der Waals surface area (Å²) < 4.78 is 0. The lowest BCUT2D eigenvalue weighted by Gasteiger charge is -2.42. The number of carbonyl (C=O) groups is 1. The Balaban J connectivity index is 1.57. The first-order valence-electron chi connectivity index (χ1n) is 8.25. The number of piperidine rings is 1. The number of likely N-dealkylation sites (tertiary alicyclic amines) is 1. The van der Waals surface area contributed by atoms with E-state index in [-0.39, 0.29) is 11.7 Å². The summed E-state index contributed by atoms with van der Waals surface area (Å²) in [5.74, 6) is -0.151. The summed E-state index contributed by atoms with van der Waals surface area (Å²) >= 11 is 5.83. The molecule has 0 unspecified atom stereocenters. The molecule has 1 aromatic rings. The van der Waals surface area contributed by atoms with Crippen molar-refractivity contribution < 1.29 is 9.90 Å². The molecule has 5 nitrogen and oxygen atoms in total. The third-order valence-corrected chi connectivity index (χ3v) is 5.23. The molecule has 0 bridgehead atoms. The van der Waals surface area contributed by atoms with E-state index >= 15 is 0 Å². The normalized spacial score (nSPS) is 21.6. The van der Waals surface area contributed by atoms with Crippen molar-refractivity contribution in [2.45, 2.75) is 18.9 Å². The summed E-state index contributed by atoms with van der Waals surface area (Å²) in [6.07, 6.45) is 2.42. The fraction of sp³-hybridized carbons (Fsp3) is 0.588. The molecule has 0 spiro atoms. The molecule has 1 N–H and O–H groups in total. The number of rotatable bonds is 2. The van der Waals surface area contributed by atoms with Crippen molar-refractivity contribution in [1.29, 1.82) is 0 Å². The maximum atomic E-state index is 12.6. The largest absolute Gasteiger partial charge is 0.507 e. The van der Waals surface area contributed by atoms with Crippen molar-refractivity contribution in [3.63, 3.8) is 0 Å². The van der Waals surface area contributed by atoms with Gasteiger partial charge in [0.2, 0.25) is 0 Å². The first kappa shape index (κ1) is 16.6. The van der Waals surface area contributed by atoms with Crippen LogP contribution in [-0.2, 0) is 0 Å². The van der Waals surface area contributed by atoms with Crippen LogP contribution in [0.15, 0.2) is 18.2 Å². The summed E-state index contributed by atoms with van der Waals surface area (Å²) in [5.41, 5.74) is 0.335. The van der Waals surface area contributed by atoms with Gasteiger partial charge in [-0.25, -0.2) is 0 Å². The maximum Gasteiger partial charge on any atom is 0.257 e. The smallest absolute Gasteiger partial charge is 0.257 e. The van der Waals surface area contributed by atoms with E-state index in [2.05, 4.69) is 16.8 Å². The van der Waals surface area contributed by atoms with Gasteiger partial charge < -0.3 is 14.9 Å². The van der Waals surface area contributed by atoms with Gasteiger partial charge >= 0.3 is 0 Å². The van der Waals surface area contributed by atoms with E-state index in [9.17, 15) is 9.90 Å². The Morgan fingerprint density at radius 1 is 1.13 bits per heavy atom. The fourth-order valence-corrected chi connectivity index (χ4v) is 3.67. The molecule has 126 valence electrons. The Morgan fingerprint density at radius 2 is 1.78 bits per heavy atom. The van der Waals surface area contributed by atoms with Crippen molar-refractivity contribution in [2.75, 3.05) is 46.3 Å². The van der Waals surface area contributed by atoms with E-state index in [1.807, 2.05) is 4.90 Å². The van der Waals surface area contributed by atoms with Gasteiger partial charge in [0, 0.05) is 37.2 Å². The van der Waals surface area contributed by atoms with Gasteiger partial charge in [0.1, 0.15) is 5.75 Å². The topological polar surface area (TPSA) is 47.0 Å². The Morgan fingerprint density at radius 3 is 2.39 bits per heavy atom. The van der Waals surface area contributed by atoms with Gasteiger partial charge in [0.05, 0.1) is 5.56 Å². The molecular formula is C17H24ClN3O2. The summed E-state index contributed by atoms with van der Waals surface area (Å²) in [7, 11) is 2.17. The van der Waals surface area contributed by atoms with Crippen molar-refractivity contribution in [2.24, 2.45) is 0 Å². The number of phenolic OH excluding ortho intramolecular Hbond substituents is 1. The highest BCUT2D eigenvalue weighted by molar-refractivity contribution is 6.30. The number of benzene rings is 1. The van der Waals surface area contributed by atoms with Crippen LogP contribution >= 0.6 is 11.6 Å². The maximum absolute atomic E-state index is 12.6. The molecule has 0 aliphatic carbocycles. The predicted octanol–water partition coefficient (Wildman–Crippen LogP) is 1.90. The predicted molar refractivity (Wildman–Crippen MR) is 91.1 cm³/mol. The summed E-state index contributed by atoms with van der Waals surface area (Å²) in [6.45, 7) is 5.56. The summed E-state index contributed by atoms with van der Waals surface area (Å²) in [6, 6.07) is 5.31. The Bertz CT molecular complexity index is 565. The van der Waals surface area contributed by atoms with Crippen molar-refractivity contribution >= 4 is 17.5 Å². The molecule has 0 radical (unpaired) electrons. The van der Waals surface area contributed by atoms with Crippen LogP contribution in [0, 0.1) is 0 Å². The molecule has 1 aromatic carbocycles. The molecule has 6 heteroatoms. The fourth-order valence-electron chi connectivity index (χ4n) is 3.51. The van der Waals surface area contributed by atoms with Gasteiger partial charge in [-0.2, -0.15) is 0 Å². The average molecular weight is 338 g/mol. The second-order valence-electron chi connectivity index (χ2n) is 6.52. The molecule has 2 aliphatic rings. The monoisotopic (exact) mass is 337 g/mol. The highest BCUT2D eigenvalue weighted by Crippen LogP contribution is 2.24. The summed E-state index contributed by atoms with van der Waals surface area (Å²) in [4.78, 5) is 19.3. The second kappa shape index (κ2) is 7.07. The van der Waals surface area contributed by atoms with Crippen LogP contribution in [-0.4, -0.2) is 78.1 Å². The van der Waals surface area contributed by atoms with Gasteiger partial charge in [0.25, 0.3) is 5.91 Å². The number of aromatic hydroxyl groups is 1. The molecule has 0 aromatic heterocycles. The molecule has 3 rings (SSSR count). The highest BCUT2D eigenvalue weighted by atomic mass is 35.5. The minimum Gasteiger partial charge on any atom is -0.507 e. The molecule has 0 saturated carbocycles. The van der Waals surface area contributed by atoms with E-state index in [4.69, 9.17) is 11.6 Å². The molecule has 1 amide bonds. The Kier molecular flexibility index (Phi) is 5.09. The standard InChI is InChI=1S/C17H24ClN3O2/c1-19-6-4-14(5-7-19)20-8-10-21(11-9-20)17(23)15-3-2-13(18)12-16(15)22/h2-3,12,14,22H,4-11H2,1H3. The van der Waals surface area contributed by atoms with Crippen LogP contribution < -0.4 is 0 Å². The van der Waals surface area contributed by atoms with Crippen LogP contribution in [0.4, 0.5) is 0 Å². The zero-order valence-electron chi connectivity index (χ0n) is 13.5. The minimum absolute atomic E-state index is 0.0414. The third kappa shape index (κ3) is 3.79. The van der Waals surface area contributed by atoms with Gasteiger partial charge in [-0.1, -0.05) is 11.6 Å². The first-order chi connectivity index (χ1) is 11.0. The van der Waals surface area contributed by atoms with E-state index in [1.165, 1.54) is 18.9 Å². The van der Waals surface area contributed by atoms with Crippen LogP contribution in [0.25, 0.3) is 0 Å². The number of piperazine rings is 1. The van der Waals surface area contributed by atoms with Crippen LogP contribution in [0.1, 0.15) is 23.2 Å². The number of phenols is 1. The zero-order valence-corrected chi connectivity index (χ0v) is 14.3. The van der Waals surface area contributed by atoms with Crippen molar-refractivity contribution in [3.05, 3.63) is 28.8 Å². The number of hydrogen-bond donors (Lipinski definition) is 1. The molecule has 2 saturated heterocycles. The number of nitrogens with zero attached hydrogens (tertiary/aromatic N) is 3. The van der Waals surface area contributed by atoms with E-state index < -0.39 is 0 Å². The zero-order chi connectivity index (χ0) is 16.4. The van der Waals surface area contributed by atoms with Crippen LogP contribution in [0.2, 0.25) is 5.02 Å². The Hall–Kier alpha value is -1.30. The van der Waals surface area contributed by atoms with Gasteiger partial charge in [-0.15, -0.1) is 0 Å². The molecule has 2 aliphatic heterocycles. The number of carbonyl (C=O) groups excluding carboxylic acids is 1. The average Bonchev–Trinajstić information content (AvgIpc) is 2.55. The van der Waals surface area contributed by atoms with Crippen molar-refractivity contribution in [1.82, 2.24) is 14.7 Å². The lowest BCUT2D eigenvalue weighted by Crippen LogP contribution is -2.54. The third-order valence-electron chi connectivity index (χ3n) is 5.00. The van der Waals surface area contributed by atoms with E-state index in [1.54, 1.807) is 12.1 Å².